The smallest absolute Gasteiger partial charge is 0.269 e. The summed E-state index contributed by atoms with van der Waals surface area (Å²) in [6.07, 6.45) is 5.39. The van der Waals surface area contributed by atoms with E-state index in [0.29, 0.717) is 12.5 Å². The standard InChI is InChI=1S/C17H22N2O3.C2H6/c1-17(2,10-22-3)16-13-6-4-5-12(13)14-9-11(19(20)21)7-8-15(14)18-16;1-2/h4-5,7-9,12-13,16,18H,6,10H2,1-3H3;1-2H3. The highest BCUT2D eigenvalue weighted by molar-refractivity contribution is 5.62. The van der Waals surface area contributed by atoms with Crippen molar-refractivity contribution in [2.24, 2.45) is 11.3 Å². The molecule has 0 saturated heterocycles. The number of ether oxygens (including phenoxy) is 1. The Labute approximate surface area is 144 Å². The molecule has 0 spiro atoms. The number of methoxy groups -OCH3 is 1. The maximum atomic E-state index is 11.0. The van der Waals surface area contributed by atoms with Gasteiger partial charge in [0.1, 0.15) is 0 Å². The van der Waals surface area contributed by atoms with Crippen LogP contribution in [-0.4, -0.2) is 24.7 Å². The van der Waals surface area contributed by atoms with Crippen LogP contribution in [0, 0.1) is 21.4 Å². The molecular formula is C19H28N2O3. The Bertz CT molecular complexity index is 625. The number of fused-ring (bicyclic) bond motifs is 3. The summed E-state index contributed by atoms with van der Waals surface area (Å²) >= 11 is 0. The van der Waals surface area contributed by atoms with Crippen molar-refractivity contribution in [3.63, 3.8) is 0 Å². The zero-order chi connectivity index (χ0) is 17.9. The van der Waals surface area contributed by atoms with Crippen molar-refractivity contribution in [2.45, 2.75) is 46.1 Å². The van der Waals surface area contributed by atoms with Crippen LogP contribution in [0.1, 0.15) is 45.6 Å². The van der Waals surface area contributed by atoms with Crippen molar-refractivity contribution in [1.82, 2.24) is 0 Å². The molecule has 132 valence electrons. The van der Waals surface area contributed by atoms with Gasteiger partial charge in [0, 0.05) is 42.3 Å². The number of allylic oxidation sites excluding steroid dienone is 2. The molecule has 1 N–H and O–H groups in total. The summed E-state index contributed by atoms with van der Waals surface area (Å²) in [5.41, 5.74) is 2.20. The molecule has 0 saturated carbocycles. The van der Waals surface area contributed by atoms with Crippen LogP contribution in [0.2, 0.25) is 0 Å². The topological polar surface area (TPSA) is 64.4 Å². The van der Waals surface area contributed by atoms with Crippen LogP contribution in [0.5, 0.6) is 0 Å². The van der Waals surface area contributed by atoms with E-state index in [-0.39, 0.29) is 28.0 Å². The van der Waals surface area contributed by atoms with E-state index < -0.39 is 0 Å². The zero-order valence-corrected chi connectivity index (χ0v) is 15.2. The highest BCUT2D eigenvalue weighted by Gasteiger charge is 2.44. The lowest BCUT2D eigenvalue weighted by Crippen LogP contribution is -2.48. The molecule has 1 aliphatic carbocycles. The van der Waals surface area contributed by atoms with Crippen LogP contribution in [0.3, 0.4) is 0 Å². The quantitative estimate of drug-likeness (QED) is 0.491. The fourth-order valence-electron chi connectivity index (χ4n) is 3.93. The van der Waals surface area contributed by atoms with Gasteiger partial charge in [0.2, 0.25) is 0 Å². The van der Waals surface area contributed by atoms with E-state index in [1.807, 2.05) is 19.9 Å². The van der Waals surface area contributed by atoms with Gasteiger partial charge in [-0.2, -0.15) is 0 Å². The first-order chi connectivity index (χ1) is 11.4. The van der Waals surface area contributed by atoms with Gasteiger partial charge < -0.3 is 10.1 Å². The molecule has 3 rings (SSSR count). The lowest BCUT2D eigenvalue weighted by Gasteiger charge is -2.45. The maximum Gasteiger partial charge on any atom is 0.269 e. The number of nitrogens with zero attached hydrogens (tertiary/aromatic N) is 1. The first kappa shape index (κ1) is 18.5. The molecule has 1 aromatic carbocycles. The van der Waals surface area contributed by atoms with Gasteiger partial charge in [-0.05, 0) is 24.0 Å². The van der Waals surface area contributed by atoms with Crippen molar-refractivity contribution in [2.75, 3.05) is 19.0 Å². The second-order valence-electron chi connectivity index (χ2n) is 6.93. The highest BCUT2D eigenvalue weighted by atomic mass is 16.6. The predicted molar refractivity (Wildman–Crippen MR) is 97.5 cm³/mol. The van der Waals surface area contributed by atoms with E-state index in [9.17, 15) is 10.1 Å². The third kappa shape index (κ3) is 3.31. The number of hydrogen-bond acceptors (Lipinski definition) is 4. The van der Waals surface area contributed by atoms with E-state index in [1.54, 1.807) is 19.2 Å². The SMILES string of the molecule is CC.COCC(C)(C)C1Nc2ccc([N+](=O)[O-])cc2C2C=CCC21. The first-order valence-corrected chi connectivity index (χ1v) is 8.64. The summed E-state index contributed by atoms with van der Waals surface area (Å²) in [5, 5.41) is 14.7. The molecule has 3 unspecified atom stereocenters. The van der Waals surface area contributed by atoms with Gasteiger partial charge in [0.25, 0.3) is 5.69 Å². The van der Waals surface area contributed by atoms with E-state index in [0.717, 1.165) is 17.7 Å². The second-order valence-corrected chi connectivity index (χ2v) is 6.93. The van der Waals surface area contributed by atoms with Crippen molar-refractivity contribution in [3.05, 3.63) is 46.0 Å². The van der Waals surface area contributed by atoms with Crippen LogP contribution in [-0.2, 0) is 4.74 Å². The van der Waals surface area contributed by atoms with Crippen LogP contribution in [0.25, 0.3) is 0 Å². The summed E-state index contributed by atoms with van der Waals surface area (Å²) in [7, 11) is 1.73. The van der Waals surface area contributed by atoms with Crippen LogP contribution >= 0.6 is 0 Å². The second kappa shape index (κ2) is 7.34. The Morgan fingerprint density at radius 3 is 2.71 bits per heavy atom. The summed E-state index contributed by atoms with van der Waals surface area (Å²) in [6, 6.07) is 5.41. The number of benzene rings is 1. The molecule has 5 heteroatoms. The third-order valence-electron chi connectivity index (χ3n) is 4.92. The number of nitrogens with one attached hydrogen (secondary N) is 1. The number of anilines is 1. The molecule has 1 heterocycles. The molecule has 3 atom stereocenters. The monoisotopic (exact) mass is 332 g/mol. The minimum absolute atomic E-state index is 0.0108. The Morgan fingerprint density at radius 2 is 2.08 bits per heavy atom. The number of rotatable bonds is 4. The van der Waals surface area contributed by atoms with Crippen molar-refractivity contribution >= 4 is 11.4 Å². The Balaban J connectivity index is 0.00000100. The molecule has 0 amide bonds. The lowest BCUT2D eigenvalue weighted by atomic mass is 9.69. The molecule has 0 radical (unpaired) electrons. The van der Waals surface area contributed by atoms with E-state index in [4.69, 9.17) is 4.74 Å². The molecular weight excluding hydrogens is 304 g/mol. The average molecular weight is 332 g/mol. The van der Waals surface area contributed by atoms with Gasteiger partial charge in [0.15, 0.2) is 0 Å². The van der Waals surface area contributed by atoms with Crippen molar-refractivity contribution in [1.29, 1.82) is 0 Å². The molecule has 24 heavy (non-hydrogen) atoms. The van der Waals surface area contributed by atoms with Crippen molar-refractivity contribution in [3.8, 4) is 0 Å². The Morgan fingerprint density at radius 1 is 1.38 bits per heavy atom. The summed E-state index contributed by atoms with van der Waals surface area (Å²) < 4.78 is 5.40. The van der Waals surface area contributed by atoms with Gasteiger partial charge in [-0.1, -0.05) is 39.8 Å². The van der Waals surface area contributed by atoms with Crippen LogP contribution < -0.4 is 5.32 Å². The predicted octanol–water partition coefficient (Wildman–Crippen LogP) is 4.75. The Hall–Kier alpha value is -1.88. The minimum atomic E-state index is -0.325. The molecule has 1 aliphatic heterocycles. The number of nitro benzene ring substituents is 1. The summed E-state index contributed by atoms with van der Waals surface area (Å²) in [5.74, 6) is 0.664. The van der Waals surface area contributed by atoms with E-state index in [1.165, 1.54) is 0 Å². The number of nitro groups is 1. The minimum Gasteiger partial charge on any atom is -0.384 e. The van der Waals surface area contributed by atoms with Gasteiger partial charge in [-0.3, -0.25) is 10.1 Å². The van der Waals surface area contributed by atoms with Gasteiger partial charge >= 0.3 is 0 Å². The van der Waals surface area contributed by atoms with Gasteiger partial charge in [0.05, 0.1) is 11.5 Å². The average Bonchev–Trinajstić information content (AvgIpc) is 3.05. The normalized spacial score (nSPS) is 24.3. The van der Waals surface area contributed by atoms with Gasteiger partial charge in [-0.25, -0.2) is 0 Å². The van der Waals surface area contributed by atoms with Gasteiger partial charge in [-0.15, -0.1) is 0 Å². The maximum absolute atomic E-state index is 11.0. The first-order valence-electron chi connectivity index (χ1n) is 8.64. The van der Waals surface area contributed by atoms with Crippen molar-refractivity contribution < 1.29 is 9.66 Å². The lowest BCUT2D eigenvalue weighted by molar-refractivity contribution is -0.384. The van der Waals surface area contributed by atoms with E-state index >= 15 is 0 Å². The van der Waals surface area contributed by atoms with E-state index in [2.05, 4.69) is 31.3 Å². The van der Waals surface area contributed by atoms with Crippen LogP contribution in [0.4, 0.5) is 11.4 Å². The third-order valence-corrected chi connectivity index (χ3v) is 4.92. The fraction of sp³-hybridized carbons (Fsp3) is 0.579. The number of hydrogen-bond donors (Lipinski definition) is 1. The molecule has 5 nitrogen and oxygen atoms in total. The largest absolute Gasteiger partial charge is 0.384 e. The molecule has 2 aliphatic rings. The number of non-ortho nitro benzene ring substituents is 1. The summed E-state index contributed by atoms with van der Waals surface area (Å²) in [4.78, 5) is 10.7. The molecule has 0 fully saturated rings. The molecule has 0 bridgehead atoms. The summed E-state index contributed by atoms with van der Waals surface area (Å²) in [6.45, 7) is 9.09. The highest BCUT2D eigenvalue weighted by Crippen LogP contribution is 2.49. The molecule has 0 aromatic heterocycles. The zero-order valence-electron chi connectivity index (χ0n) is 15.2. The molecule has 1 aromatic rings. The fourth-order valence-corrected chi connectivity index (χ4v) is 3.93. The van der Waals surface area contributed by atoms with Crippen LogP contribution in [0.15, 0.2) is 30.4 Å². The Kier molecular flexibility index (Phi) is 5.65.